The summed E-state index contributed by atoms with van der Waals surface area (Å²) in [5.74, 6) is 0. The lowest BCUT2D eigenvalue weighted by molar-refractivity contribution is 0.651. The van der Waals surface area contributed by atoms with Gasteiger partial charge in [0.15, 0.2) is 4.77 Å². The van der Waals surface area contributed by atoms with Crippen LogP contribution in [0.5, 0.6) is 0 Å². The molecule has 19 heavy (non-hydrogen) atoms. The topological polar surface area (TPSA) is 44.5 Å². The average Bonchev–Trinajstić information content (AvgIpc) is 3.04. The van der Waals surface area contributed by atoms with E-state index in [1.165, 1.54) is 5.56 Å². The van der Waals surface area contributed by atoms with Gasteiger partial charge in [-0.25, -0.2) is 0 Å². The molecular formula is C14H11N3S2. The quantitative estimate of drug-likeness (QED) is 0.716. The fourth-order valence-corrected chi connectivity index (χ4v) is 3.39. The molecule has 0 saturated carbocycles. The second-order valence-electron chi connectivity index (χ2n) is 4.34. The number of imidazole rings is 1. The van der Waals surface area contributed by atoms with Crippen LogP contribution in [0, 0.1) is 16.1 Å². The second-order valence-corrected chi connectivity index (χ2v) is 5.51. The van der Waals surface area contributed by atoms with Gasteiger partial charge in [0.1, 0.15) is 6.07 Å². The van der Waals surface area contributed by atoms with Gasteiger partial charge in [-0.15, -0.1) is 0 Å². The number of benzene rings is 1. The van der Waals surface area contributed by atoms with Crippen molar-refractivity contribution in [1.82, 2.24) is 9.55 Å². The van der Waals surface area contributed by atoms with Gasteiger partial charge in [-0.1, -0.05) is 6.07 Å². The number of aromatic nitrogens is 2. The number of nitrogens with zero attached hydrogens (tertiary/aromatic N) is 2. The smallest absolute Gasteiger partial charge is 0.178 e. The second kappa shape index (κ2) is 4.65. The molecule has 3 aromatic rings. The molecule has 1 aromatic carbocycles. The maximum atomic E-state index is 9.15. The fourth-order valence-electron chi connectivity index (χ4n) is 2.29. The van der Waals surface area contributed by atoms with Gasteiger partial charge < -0.3 is 9.55 Å². The Morgan fingerprint density at radius 3 is 2.95 bits per heavy atom. The number of H-pyrrole nitrogens is 1. The Hall–Kier alpha value is -1.90. The van der Waals surface area contributed by atoms with Crippen LogP contribution in [-0.4, -0.2) is 9.55 Å². The Bertz CT molecular complexity index is 819. The lowest BCUT2D eigenvalue weighted by atomic mass is 10.1. The predicted molar refractivity (Wildman–Crippen MR) is 80.0 cm³/mol. The molecule has 3 rings (SSSR count). The molecule has 2 heterocycles. The van der Waals surface area contributed by atoms with Crippen LogP contribution in [0.3, 0.4) is 0 Å². The molecule has 94 valence electrons. The van der Waals surface area contributed by atoms with E-state index < -0.39 is 0 Å². The standard InChI is InChI=1S/C14H11N3S2/c1-9(11-5-6-19-8-11)17-12-4-2-3-10(7-15)13(12)16-14(17)18/h2-6,8-9H,1H3,(H,16,18). The Morgan fingerprint density at radius 2 is 2.26 bits per heavy atom. The highest BCUT2D eigenvalue weighted by Gasteiger charge is 2.14. The first-order chi connectivity index (χ1) is 9.22. The molecule has 0 aliphatic heterocycles. The van der Waals surface area contributed by atoms with Crippen LogP contribution in [0.25, 0.3) is 11.0 Å². The molecule has 1 unspecified atom stereocenters. The molecule has 0 fully saturated rings. The zero-order valence-electron chi connectivity index (χ0n) is 10.3. The number of hydrogen-bond acceptors (Lipinski definition) is 3. The fraction of sp³-hybridized carbons (Fsp3) is 0.143. The summed E-state index contributed by atoms with van der Waals surface area (Å²) in [6.07, 6.45) is 0. The average molecular weight is 285 g/mol. The van der Waals surface area contributed by atoms with Crippen molar-refractivity contribution in [2.45, 2.75) is 13.0 Å². The molecule has 0 radical (unpaired) electrons. The molecule has 0 aliphatic carbocycles. The highest BCUT2D eigenvalue weighted by molar-refractivity contribution is 7.71. The van der Waals surface area contributed by atoms with Crippen molar-refractivity contribution in [1.29, 1.82) is 5.26 Å². The van der Waals surface area contributed by atoms with E-state index in [0.717, 1.165) is 11.0 Å². The van der Waals surface area contributed by atoms with E-state index in [1.807, 2.05) is 12.1 Å². The normalized spacial score (nSPS) is 12.4. The maximum Gasteiger partial charge on any atom is 0.178 e. The van der Waals surface area contributed by atoms with E-state index in [1.54, 1.807) is 17.4 Å². The molecule has 3 nitrogen and oxygen atoms in total. The number of nitriles is 1. The van der Waals surface area contributed by atoms with E-state index in [2.05, 4.69) is 39.4 Å². The Labute approximate surface area is 119 Å². The van der Waals surface area contributed by atoms with E-state index in [0.29, 0.717) is 10.3 Å². The van der Waals surface area contributed by atoms with Gasteiger partial charge in [0.25, 0.3) is 0 Å². The van der Waals surface area contributed by atoms with Crippen molar-refractivity contribution in [3.8, 4) is 6.07 Å². The number of nitrogens with one attached hydrogen (secondary N) is 1. The maximum absolute atomic E-state index is 9.15. The van der Waals surface area contributed by atoms with Gasteiger partial charge in [0.05, 0.1) is 22.6 Å². The van der Waals surface area contributed by atoms with Crippen molar-refractivity contribution in [3.05, 3.63) is 50.9 Å². The van der Waals surface area contributed by atoms with Gasteiger partial charge >= 0.3 is 0 Å². The van der Waals surface area contributed by atoms with E-state index in [-0.39, 0.29) is 6.04 Å². The first-order valence-corrected chi connectivity index (χ1v) is 7.23. The van der Waals surface area contributed by atoms with E-state index in [9.17, 15) is 0 Å². The molecular weight excluding hydrogens is 274 g/mol. The third-order valence-electron chi connectivity index (χ3n) is 3.29. The molecule has 5 heteroatoms. The van der Waals surface area contributed by atoms with Crippen molar-refractivity contribution in [2.24, 2.45) is 0 Å². The molecule has 0 spiro atoms. The number of fused-ring (bicyclic) bond motifs is 1. The van der Waals surface area contributed by atoms with Gasteiger partial charge in [0.2, 0.25) is 0 Å². The third kappa shape index (κ3) is 1.89. The lowest BCUT2D eigenvalue weighted by Gasteiger charge is -2.13. The molecule has 2 aromatic heterocycles. The zero-order valence-corrected chi connectivity index (χ0v) is 11.9. The van der Waals surface area contributed by atoms with E-state index >= 15 is 0 Å². The zero-order chi connectivity index (χ0) is 13.4. The van der Waals surface area contributed by atoms with E-state index in [4.69, 9.17) is 17.5 Å². The molecule has 1 atom stereocenters. The summed E-state index contributed by atoms with van der Waals surface area (Å²) in [7, 11) is 0. The van der Waals surface area contributed by atoms with Gasteiger partial charge in [0, 0.05) is 0 Å². The number of thiophene rings is 1. The number of hydrogen-bond donors (Lipinski definition) is 1. The highest BCUT2D eigenvalue weighted by atomic mass is 32.1. The predicted octanol–water partition coefficient (Wildman–Crippen LogP) is 4.24. The van der Waals surface area contributed by atoms with Crippen molar-refractivity contribution < 1.29 is 0 Å². The van der Waals surface area contributed by atoms with Crippen LogP contribution < -0.4 is 0 Å². The van der Waals surface area contributed by atoms with Crippen LogP contribution >= 0.6 is 23.6 Å². The minimum atomic E-state index is 0.154. The van der Waals surface area contributed by atoms with Crippen LogP contribution in [0.2, 0.25) is 0 Å². The molecule has 0 amide bonds. The number of rotatable bonds is 2. The highest BCUT2D eigenvalue weighted by Crippen LogP contribution is 2.27. The summed E-state index contributed by atoms with van der Waals surface area (Å²) in [6.45, 7) is 2.12. The number of aromatic amines is 1. The summed E-state index contributed by atoms with van der Waals surface area (Å²) < 4.78 is 2.71. The SMILES string of the molecule is CC(c1ccsc1)n1c(=S)[nH]c2c(C#N)cccc21. The van der Waals surface area contributed by atoms with Crippen molar-refractivity contribution in [2.75, 3.05) is 0 Å². The number of para-hydroxylation sites is 1. The summed E-state index contributed by atoms with van der Waals surface area (Å²) >= 11 is 7.09. The van der Waals surface area contributed by atoms with Gasteiger partial charge in [-0.05, 0) is 53.7 Å². The third-order valence-corrected chi connectivity index (χ3v) is 4.29. The minimum Gasteiger partial charge on any atom is -0.329 e. The molecule has 0 bridgehead atoms. The van der Waals surface area contributed by atoms with Crippen molar-refractivity contribution >= 4 is 34.6 Å². The molecule has 0 aliphatic rings. The lowest BCUT2D eigenvalue weighted by Crippen LogP contribution is -2.05. The Morgan fingerprint density at radius 1 is 1.42 bits per heavy atom. The summed E-state index contributed by atoms with van der Waals surface area (Å²) in [5, 5.41) is 13.3. The summed E-state index contributed by atoms with van der Waals surface area (Å²) in [5.41, 5.74) is 3.64. The Kier molecular flexibility index (Phi) is 2.97. The van der Waals surface area contributed by atoms with Crippen LogP contribution in [0.15, 0.2) is 35.0 Å². The Balaban J connectivity index is 2.28. The van der Waals surface area contributed by atoms with Crippen LogP contribution in [0.4, 0.5) is 0 Å². The summed E-state index contributed by atoms with van der Waals surface area (Å²) in [6, 6.07) is 10.1. The minimum absolute atomic E-state index is 0.154. The van der Waals surface area contributed by atoms with Crippen LogP contribution in [0.1, 0.15) is 24.1 Å². The van der Waals surface area contributed by atoms with Crippen molar-refractivity contribution in [3.63, 3.8) is 0 Å². The van der Waals surface area contributed by atoms with Gasteiger partial charge in [-0.2, -0.15) is 16.6 Å². The van der Waals surface area contributed by atoms with Gasteiger partial charge in [-0.3, -0.25) is 0 Å². The van der Waals surface area contributed by atoms with Crippen LogP contribution in [-0.2, 0) is 0 Å². The molecule has 0 saturated heterocycles. The molecule has 1 N–H and O–H groups in total. The first kappa shape index (κ1) is 12.2. The largest absolute Gasteiger partial charge is 0.329 e. The summed E-state index contributed by atoms with van der Waals surface area (Å²) in [4.78, 5) is 3.15. The first-order valence-electron chi connectivity index (χ1n) is 5.88. The monoisotopic (exact) mass is 285 g/mol.